The van der Waals surface area contributed by atoms with Gasteiger partial charge in [0.25, 0.3) is 0 Å². The quantitative estimate of drug-likeness (QED) is 0.0739. The third-order valence-electron chi connectivity index (χ3n) is 4.67. The molecule has 40 heavy (non-hydrogen) atoms. The lowest BCUT2D eigenvalue weighted by molar-refractivity contribution is -0.0214. The van der Waals surface area contributed by atoms with Crippen molar-refractivity contribution in [3.63, 3.8) is 0 Å². The first-order chi connectivity index (χ1) is 19.9. The summed E-state index contributed by atoms with van der Waals surface area (Å²) in [7, 11) is 0. The van der Waals surface area contributed by atoms with E-state index in [1.807, 2.05) is 0 Å². The van der Waals surface area contributed by atoms with Crippen LogP contribution in [0.3, 0.4) is 0 Å². The van der Waals surface area contributed by atoms with E-state index in [1.54, 1.807) is 0 Å². The summed E-state index contributed by atoms with van der Waals surface area (Å²) in [5.74, 6) is 0. The zero-order chi connectivity index (χ0) is 28.9. The fourth-order valence-electron chi connectivity index (χ4n) is 2.73. The molecule has 3 N–H and O–H groups in total. The first-order valence-corrected chi connectivity index (χ1v) is 14.2. The Hall–Kier alpha value is -0.560. The van der Waals surface area contributed by atoms with Crippen LogP contribution in [0.4, 0.5) is 0 Å². The van der Waals surface area contributed by atoms with E-state index < -0.39 is 0 Å². The highest BCUT2D eigenvalue weighted by Crippen LogP contribution is 1.86. The molecule has 14 nitrogen and oxygen atoms in total. The van der Waals surface area contributed by atoms with Crippen LogP contribution in [0.5, 0.6) is 0 Å². The largest absolute Gasteiger partial charge is 0.394 e. The van der Waals surface area contributed by atoms with Crippen LogP contribution in [0, 0.1) is 0 Å². The molecular weight excluding hydrogens is 534 g/mol. The van der Waals surface area contributed by atoms with Gasteiger partial charge in [0.1, 0.15) is 0 Å². The molecular formula is C26H55NO13. The van der Waals surface area contributed by atoms with Gasteiger partial charge in [-0.3, -0.25) is 0 Å². The average molecular weight is 590 g/mol. The van der Waals surface area contributed by atoms with E-state index >= 15 is 0 Å². The number of hydrogen-bond donors (Lipinski definition) is 3. The van der Waals surface area contributed by atoms with Crippen LogP contribution < -0.4 is 5.32 Å². The molecule has 0 unspecified atom stereocenters. The molecule has 242 valence electrons. The Morgan fingerprint density at radius 1 is 0.250 bits per heavy atom. The molecule has 0 aliphatic carbocycles. The molecule has 0 aromatic carbocycles. The second kappa shape index (κ2) is 38.4. The van der Waals surface area contributed by atoms with Gasteiger partial charge in [0.2, 0.25) is 0 Å². The smallest absolute Gasteiger partial charge is 0.0701 e. The Balaban J connectivity index is 3.01. The van der Waals surface area contributed by atoms with Crippen molar-refractivity contribution in [2.75, 3.05) is 172 Å². The van der Waals surface area contributed by atoms with Gasteiger partial charge < -0.3 is 67.6 Å². The molecule has 0 amide bonds. The van der Waals surface area contributed by atoms with Gasteiger partial charge >= 0.3 is 0 Å². The maximum atomic E-state index is 8.57. The standard InChI is InChI=1S/C26H55NO13/c28-3-7-32-11-15-36-19-17-34-13-9-30-5-1-27-2-6-31-10-14-35-18-21-38-23-25-40-26-24-39-22-20-37-16-12-33-8-4-29/h27-29H,1-26H2. The van der Waals surface area contributed by atoms with E-state index in [0.717, 1.165) is 13.1 Å². The van der Waals surface area contributed by atoms with Gasteiger partial charge in [0, 0.05) is 13.1 Å². The highest BCUT2D eigenvalue weighted by molar-refractivity contribution is 4.46. The lowest BCUT2D eigenvalue weighted by atomic mass is 10.6. The maximum Gasteiger partial charge on any atom is 0.0701 e. The predicted molar refractivity (Wildman–Crippen MR) is 146 cm³/mol. The fraction of sp³-hybridized carbons (Fsp3) is 1.00. The van der Waals surface area contributed by atoms with Crippen LogP contribution in [-0.2, 0) is 52.1 Å². The number of hydrogen-bond acceptors (Lipinski definition) is 14. The third-order valence-corrected chi connectivity index (χ3v) is 4.67. The Labute approximate surface area is 239 Å². The van der Waals surface area contributed by atoms with Crippen molar-refractivity contribution in [3.05, 3.63) is 0 Å². The topological polar surface area (TPSA) is 154 Å². The van der Waals surface area contributed by atoms with E-state index in [4.69, 9.17) is 62.3 Å². The van der Waals surface area contributed by atoms with Crippen LogP contribution in [-0.4, -0.2) is 182 Å². The molecule has 0 bridgehead atoms. The van der Waals surface area contributed by atoms with Gasteiger partial charge in [0.05, 0.1) is 159 Å². The second-order valence-electron chi connectivity index (χ2n) is 7.93. The number of aliphatic hydroxyl groups excluding tert-OH is 2. The van der Waals surface area contributed by atoms with Crippen molar-refractivity contribution in [2.24, 2.45) is 0 Å². The van der Waals surface area contributed by atoms with Crippen molar-refractivity contribution in [1.82, 2.24) is 5.32 Å². The maximum absolute atomic E-state index is 8.57. The highest BCUT2D eigenvalue weighted by atomic mass is 16.6. The monoisotopic (exact) mass is 589 g/mol. The van der Waals surface area contributed by atoms with E-state index in [9.17, 15) is 0 Å². The van der Waals surface area contributed by atoms with Crippen molar-refractivity contribution < 1.29 is 62.3 Å². The Morgan fingerprint density at radius 3 is 0.625 bits per heavy atom. The zero-order valence-corrected chi connectivity index (χ0v) is 24.3. The molecule has 0 aromatic rings. The molecule has 0 aromatic heterocycles. The van der Waals surface area contributed by atoms with Crippen LogP contribution in [0.25, 0.3) is 0 Å². The Morgan fingerprint density at radius 2 is 0.425 bits per heavy atom. The summed E-state index contributed by atoms with van der Waals surface area (Å²) in [5.41, 5.74) is 0. The number of aliphatic hydroxyl groups is 2. The molecule has 14 heteroatoms. The molecule has 0 heterocycles. The molecule has 0 saturated heterocycles. The first kappa shape index (κ1) is 39.4. The number of nitrogens with one attached hydrogen (secondary N) is 1. The molecule has 0 aliphatic rings. The molecule has 0 atom stereocenters. The summed E-state index contributed by atoms with van der Waals surface area (Å²) in [5, 5.41) is 20.4. The molecule has 0 spiro atoms. The SMILES string of the molecule is OCCOCCOCCOCCOCCNCCOCCOCCOCCOCCOCCOCCOCCO. The van der Waals surface area contributed by atoms with Gasteiger partial charge in [-0.2, -0.15) is 0 Å². The molecule has 0 fully saturated rings. The first-order valence-electron chi connectivity index (χ1n) is 14.2. The third kappa shape index (κ3) is 37.4. The summed E-state index contributed by atoms with van der Waals surface area (Å²) in [6.07, 6.45) is 0. The van der Waals surface area contributed by atoms with E-state index in [0.29, 0.717) is 145 Å². The molecule has 0 aliphatic heterocycles. The van der Waals surface area contributed by atoms with Gasteiger partial charge in [-0.25, -0.2) is 0 Å². The summed E-state index contributed by atoms with van der Waals surface area (Å²) in [6, 6.07) is 0. The van der Waals surface area contributed by atoms with Crippen LogP contribution in [0.15, 0.2) is 0 Å². The minimum Gasteiger partial charge on any atom is -0.394 e. The Kier molecular flexibility index (Phi) is 37.9. The predicted octanol–water partition coefficient (Wildman–Crippen LogP) is -1.26. The van der Waals surface area contributed by atoms with E-state index in [1.165, 1.54) is 0 Å². The summed E-state index contributed by atoms with van der Waals surface area (Å²) >= 11 is 0. The van der Waals surface area contributed by atoms with E-state index in [2.05, 4.69) is 5.32 Å². The molecule has 0 rings (SSSR count). The summed E-state index contributed by atoms with van der Waals surface area (Å²) in [4.78, 5) is 0. The van der Waals surface area contributed by atoms with Gasteiger partial charge in [0.15, 0.2) is 0 Å². The number of rotatable bonds is 37. The van der Waals surface area contributed by atoms with Crippen molar-refractivity contribution in [3.8, 4) is 0 Å². The molecule has 0 radical (unpaired) electrons. The molecule has 0 saturated carbocycles. The fourth-order valence-corrected chi connectivity index (χ4v) is 2.73. The van der Waals surface area contributed by atoms with Gasteiger partial charge in [-0.15, -0.1) is 0 Å². The van der Waals surface area contributed by atoms with Crippen molar-refractivity contribution >= 4 is 0 Å². The summed E-state index contributed by atoms with van der Waals surface area (Å²) in [6.45, 7) is 12.7. The lowest BCUT2D eigenvalue weighted by Gasteiger charge is -2.09. The van der Waals surface area contributed by atoms with Gasteiger partial charge in [-0.1, -0.05) is 0 Å². The summed E-state index contributed by atoms with van der Waals surface area (Å²) < 4.78 is 59.0. The Bertz CT molecular complexity index is 403. The minimum absolute atomic E-state index is 0.0260. The van der Waals surface area contributed by atoms with Crippen LogP contribution >= 0.6 is 0 Å². The van der Waals surface area contributed by atoms with E-state index in [-0.39, 0.29) is 13.2 Å². The lowest BCUT2D eigenvalue weighted by Crippen LogP contribution is -2.25. The van der Waals surface area contributed by atoms with Crippen molar-refractivity contribution in [2.45, 2.75) is 0 Å². The number of ether oxygens (including phenoxy) is 11. The second-order valence-corrected chi connectivity index (χ2v) is 7.93. The highest BCUT2D eigenvalue weighted by Gasteiger charge is 1.96. The normalized spacial score (nSPS) is 11.6. The van der Waals surface area contributed by atoms with Crippen molar-refractivity contribution in [1.29, 1.82) is 0 Å². The average Bonchev–Trinajstić information content (AvgIpc) is 2.97. The van der Waals surface area contributed by atoms with Crippen LogP contribution in [0.1, 0.15) is 0 Å². The van der Waals surface area contributed by atoms with Gasteiger partial charge in [-0.05, 0) is 0 Å². The zero-order valence-electron chi connectivity index (χ0n) is 24.3. The minimum atomic E-state index is 0.0260. The van der Waals surface area contributed by atoms with Crippen LogP contribution in [0.2, 0.25) is 0 Å².